The van der Waals surface area contributed by atoms with Gasteiger partial charge in [-0.2, -0.15) is 0 Å². The van der Waals surface area contributed by atoms with Crippen molar-refractivity contribution in [3.8, 4) is 0 Å². The first-order valence-electron chi connectivity index (χ1n) is 6.69. The van der Waals surface area contributed by atoms with E-state index < -0.39 is 0 Å². The first-order chi connectivity index (χ1) is 8.72. The summed E-state index contributed by atoms with van der Waals surface area (Å²) in [7, 11) is 1.73. The second kappa shape index (κ2) is 7.93. The highest BCUT2D eigenvalue weighted by Gasteiger charge is 2.14. The standard InChI is InChI=1S/C14H25N3O/c1-5-12(3)17(10-11-18-4)14-9-7-8-13(16-14)15-6-2/h7-9,12H,5-6,10-11H2,1-4H3,(H,15,16). The number of nitrogens with one attached hydrogen (secondary N) is 1. The van der Waals surface area contributed by atoms with Gasteiger partial charge in [0, 0.05) is 26.2 Å². The van der Waals surface area contributed by atoms with Gasteiger partial charge in [0.15, 0.2) is 0 Å². The van der Waals surface area contributed by atoms with Crippen molar-refractivity contribution in [1.29, 1.82) is 0 Å². The summed E-state index contributed by atoms with van der Waals surface area (Å²) in [5.74, 6) is 1.94. The van der Waals surface area contributed by atoms with Crippen molar-refractivity contribution in [3.63, 3.8) is 0 Å². The van der Waals surface area contributed by atoms with Gasteiger partial charge in [-0.25, -0.2) is 4.98 Å². The predicted octanol–water partition coefficient (Wildman–Crippen LogP) is 2.76. The number of hydrogen-bond acceptors (Lipinski definition) is 4. The van der Waals surface area contributed by atoms with Gasteiger partial charge in [0.1, 0.15) is 11.6 Å². The molecule has 0 saturated carbocycles. The third-order valence-corrected chi connectivity index (χ3v) is 3.05. The molecular formula is C14H25N3O. The van der Waals surface area contributed by atoms with Gasteiger partial charge in [-0.05, 0) is 32.4 Å². The van der Waals surface area contributed by atoms with Crippen molar-refractivity contribution in [2.75, 3.05) is 37.0 Å². The number of methoxy groups -OCH3 is 1. The second-order valence-corrected chi connectivity index (χ2v) is 4.35. The van der Waals surface area contributed by atoms with Crippen LogP contribution in [0, 0.1) is 0 Å². The number of rotatable bonds is 8. The molecule has 0 aliphatic carbocycles. The highest BCUT2D eigenvalue weighted by atomic mass is 16.5. The lowest BCUT2D eigenvalue weighted by molar-refractivity contribution is 0.203. The fourth-order valence-electron chi connectivity index (χ4n) is 1.83. The molecule has 1 aromatic rings. The normalized spacial score (nSPS) is 12.2. The van der Waals surface area contributed by atoms with Gasteiger partial charge in [-0.15, -0.1) is 0 Å². The van der Waals surface area contributed by atoms with Crippen LogP contribution >= 0.6 is 0 Å². The summed E-state index contributed by atoms with van der Waals surface area (Å²) >= 11 is 0. The minimum Gasteiger partial charge on any atom is -0.383 e. The maximum atomic E-state index is 5.18. The highest BCUT2D eigenvalue weighted by Crippen LogP contribution is 2.18. The van der Waals surface area contributed by atoms with Gasteiger partial charge in [0.2, 0.25) is 0 Å². The molecule has 1 heterocycles. The molecule has 1 N–H and O–H groups in total. The zero-order chi connectivity index (χ0) is 13.4. The molecule has 0 amide bonds. The van der Waals surface area contributed by atoms with E-state index in [9.17, 15) is 0 Å². The average Bonchev–Trinajstić information content (AvgIpc) is 2.39. The van der Waals surface area contributed by atoms with Crippen LogP contribution in [0.15, 0.2) is 18.2 Å². The molecule has 0 saturated heterocycles. The average molecular weight is 251 g/mol. The van der Waals surface area contributed by atoms with Gasteiger partial charge in [-0.3, -0.25) is 0 Å². The van der Waals surface area contributed by atoms with E-state index in [1.54, 1.807) is 7.11 Å². The van der Waals surface area contributed by atoms with Crippen molar-refractivity contribution < 1.29 is 4.74 Å². The summed E-state index contributed by atoms with van der Waals surface area (Å²) < 4.78 is 5.18. The van der Waals surface area contributed by atoms with Crippen LogP contribution in [0.25, 0.3) is 0 Å². The zero-order valence-electron chi connectivity index (χ0n) is 11.9. The van der Waals surface area contributed by atoms with E-state index in [-0.39, 0.29) is 0 Å². The van der Waals surface area contributed by atoms with E-state index in [1.165, 1.54) is 0 Å². The summed E-state index contributed by atoms with van der Waals surface area (Å²) in [6, 6.07) is 6.56. The van der Waals surface area contributed by atoms with Crippen LogP contribution in [0.1, 0.15) is 27.2 Å². The van der Waals surface area contributed by atoms with E-state index in [1.807, 2.05) is 12.1 Å². The highest BCUT2D eigenvalue weighted by molar-refractivity contribution is 5.47. The Kier molecular flexibility index (Phi) is 6.50. The van der Waals surface area contributed by atoms with E-state index in [4.69, 9.17) is 4.74 Å². The van der Waals surface area contributed by atoms with Gasteiger partial charge >= 0.3 is 0 Å². The van der Waals surface area contributed by atoms with Crippen LogP contribution in [0.2, 0.25) is 0 Å². The molecule has 0 spiro atoms. The van der Waals surface area contributed by atoms with E-state index >= 15 is 0 Å². The molecule has 1 aromatic heterocycles. The molecule has 0 aliphatic heterocycles. The van der Waals surface area contributed by atoms with E-state index in [2.05, 4.69) is 42.0 Å². The van der Waals surface area contributed by atoms with E-state index in [0.29, 0.717) is 6.04 Å². The third kappa shape index (κ3) is 4.18. The topological polar surface area (TPSA) is 37.4 Å². The maximum Gasteiger partial charge on any atom is 0.131 e. The second-order valence-electron chi connectivity index (χ2n) is 4.35. The first kappa shape index (κ1) is 14.8. The smallest absolute Gasteiger partial charge is 0.131 e. The van der Waals surface area contributed by atoms with Gasteiger partial charge in [-0.1, -0.05) is 13.0 Å². The van der Waals surface area contributed by atoms with E-state index in [0.717, 1.165) is 37.8 Å². The molecule has 4 nitrogen and oxygen atoms in total. The molecule has 1 unspecified atom stereocenters. The Hall–Kier alpha value is -1.29. The Labute approximate surface area is 110 Å². The van der Waals surface area contributed by atoms with Crippen LogP contribution in [0.4, 0.5) is 11.6 Å². The molecule has 18 heavy (non-hydrogen) atoms. The fraction of sp³-hybridized carbons (Fsp3) is 0.643. The summed E-state index contributed by atoms with van der Waals surface area (Å²) in [4.78, 5) is 6.94. The lowest BCUT2D eigenvalue weighted by atomic mass is 10.2. The first-order valence-corrected chi connectivity index (χ1v) is 6.69. The molecule has 0 radical (unpaired) electrons. The maximum absolute atomic E-state index is 5.18. The molecular weight excluding hydrogens is 226 g/mol. The lowest BCUT2D eigenvalue weighted by Gasteiger charge is -2.29. The van der Waals surface area contributed by atoms with Crippen molar-refractivity contribution in [2.45, 2.75) is 33.2 Å². The van der Waals surface area contributed by atoms with Crippen LogP contribution in [-0.4, -0.2) is 37.8 Å². The summed E-state index contributed by atoms with van der Waals surface area (Å²) in [5, 5.41) is 3.25. The monoisotopic (exact) mass is 251 g/mol. The van der Waals surface area contributed by atoms with Gasteiger partial charge in [0.05, 0.1) is 6.61 Å². The Morgan fingerprint density at radius 3 is 2.78 bits per heavy atom. The van der Waals surface area contributed by atoms with Crippen molar-refractivity contribution >= 4 is 11.6 Å². The SMILES string of the molecule is CCNc1cccc(N(CCOC)C(C)CC)n1. The summed E-state index contributed by atoms with van der Waals surface area (Å²) in [5.41, 5.74) is 0. The zero-order valence-corrected chi connectivity index (χ0v) is 11.9. The van der Waals surface area contributed by atoms with Gasteiger partial charge in [0.25, 0.3) is 0 Å². The molecule has 102 valence electrons. The molecule has 4 heteroatoms. The third-order valence-electron chi connectivity index (χ3n) is 3.05. The number of anilines is 2. The minimum absolute atomic E-state index is 0.463. The Bertz CT molecular complexity index is 344. The molecule has 0 bridgehead atoms. The van der Waals surface area contributed by atoms with Crippen LogP contribution in [-0.2, 0) is 4.74 Å². The number of pyridine rings is 1. The van der Waals surface area contributed by atoms with Gasteiger partial charge < -0.3 is 15.0 Å². The Balaban J connectivity index is 2.85. The fourth-order valence-corrected chi connectivity index (χ4v) is 1.83. The van der Waals surface area contributed by atoms with Crippen LogP contribution < -0.4 is 10.2 Å². The van der Waals surface area contributed by atoms with Crippen LogP contribution in [0.3, 0.4) is 0 Å². The summed E-state index contributed by atoms with van der Waals surface area (Å²) in [6.07, 6.45) is 1.09. The van der Waals surface area contributed by atoms with Crippen molar-refractivity contribution in [3.05, 3.63) is 18.2 Å². The number of nitrogens with zero attached hydrogens (tertiary/aromatic N) is 2. The van der Waals surface area contributed by atoms with Crippen molar-refractivity contribution in [2.24, 2.45) is 0 Å². The Morgan fingerprint density at radius 2 is 2.17 bits per heavy atom. The number of hydrogen-bond donors (Lipinski definition) is 1. The minimum atomic E-state index is 0.463. The predicted molar refractivity (Wildman–Crippen MR) is 77.4 cm³/mol. The molecule has 0 aromatic carbocycles. The largest absolute Gasteiger partial charge is 0.383 e. The van der Waals surface area contributed by atoms with Crippen molar-refractivity contribution in [1.82, 2.24) is 4.98 Å². The molecule has 0 aliphatic rings. The molecule has 1 atom stereocenters. The Morgan fingerprint density at radius 1 is 1.39 bits per heavy atom. The number of aromatic nitrogens is 1. The molecule has 0 fully saturated rings. The molecule has 1 rings (SSSR count). The van der Waals surface area contributed by atoms with Crippen LogP contribution in [0.5, 0.6) is 0 Å². The quantitative estimate of drug-likeness (QED) is 0.771. The lowest BCUT2D eigenvalue weighted by Crippen LogP contribution is -2.36. The summed E-state index contributed by atoms with van der Waals surface area (Å²) in [6.45, 7) is 8.96. The number of ether oxygens (including phenoxy) is 1.